The predicted octanol–water partition coefficient (Wildman–Crippen LogP) is 3.79. The number of anilines is 2. The SMILES string of the molecule is CN[C@@H]1CCC[C@H](Nc2nc(-c3c[nH]c4c(F)cc(F)cc34)ncc2F)C1.Nc1cc(C=O)[nH]n1. The Hall–Kier alpha value is -3.93. The molecule has 1 aromatic carbocycles. The van der Waals surface area contributed by atoms with Crippen molar-refractivity contribution in [1.82, 2.24) is 30.5 Å². The fourth-order valence-corrected chi connectivity index (χ4v) is 4.13. The average molecular weight is 487 g/mol. The number of nitrogens with two attached hydrogens (primary N) is 1. The molecule has 0 amide bonds. The van der Waals surface area contributed by atoms with E-state index in [4.69, 9.17) is 5.73 Å². The molecule has 5 rings (SSSR count). The number of carbonyl (C=O) groups excluding carboxylic acids is 1. The quantitative estimate of drug-likeness (QED) is 0.271. The third kappa shape index (κ3) is 5.60. The maximum atomic E-state index is 14.3. The Morgan fingerprint density at radius 1 is 1.14 bits per heavy atom. The smallest absolute Gasteiger partial charge is 0.183 e. The topological polar surface area (TPSA) is 137 Å². The number of nitrogens with zero attached hydrogens (tertiary/aromatic N) is 3. The summed E-state index contributed by atoms with van der Waals surface area (Å²) in [6.07, 6.45) is 7.18. The molecule has 0 bridgehead atoms. The van der Waals surface area contributed by atoms with Crippen molar-refractivity contribution in [3.63, 3.8) is 0 Å². The highest BCUT2D eigenvalue weighted by Gasteiger charge is 2.23. The molecule has 0 aliphatic heterocycles. The molecule has 35 heavy (non-hydrogen) atoms. The number of H-pyrrole nitrogens is 2. The summed E-state index contributed by atoms with van der Waals surface area (Å²) in [5, 5.41) is 12.7. The van der Waals surface area contributed by atoms with Crippen molar-refractivity contribution < 1.29 is 18.0 Å². The van der Waals surface area contributed by atoms with Crippen molar-refractivity contribution >= 4 is 28.8 Å². The van der Waals surface area contributed by atoms with Crippen molar-refractivity contribution in [3.05, 3.63) is 53.7 Å². The van der Waals surface area contributed by atoms with E-state index in [0.29, 0.717) is 34.8 Å². The van der Waals surface area contributed by atoms with Crippen LogP contribution >= 0.6 is 0 Å². The van der Waals surface area contributed by atoms with E-state index in [-0.39, 0.29) is 23.2 Å². The predicted molar refractivity (Wildman–Crippen MR) is 126 cm³/mol. The van der Waals surface area contributed by atoms with Gasteiger partial charge in [-0.05, 0) is 38.8 Å². The lowest BCUT2D eigenvalue weighted by Crippen LogP contribution is -2.37. The monoisotopic (exact) mass is 486 g/mol. The van der Waals surface area contributed by atoms with E-state index in [9.17, 15) is 18.0 Å². The second-order valence-electron chi connectivity index (χ2n) is 8.26. The highest BCUT2D eigenvalue weighted by molar-refractivity contribution is 5.94. The van der Waals surface area contributed by atoms with E-state index in [1.807, 2.05) is 7.05 Å². The van der Waals surface area contributed by atoms with Crippen molar-refractivity contribution in [1.29, 1.82) is 0 Å². The minimum absolute atomic E-state index is 0.103. The molecule has 184 valence electrons. The number of aromatic nitrogens is 5. The molecule has 3 aromatic heterocycles. The summed E-state index contributed by atoms with van der Waals surface area (Å²) in [7, 11) is 1.92. The molecule has 0 spiro atoms. The maximum absolute atomic E-state index is 14.3. The van der Waals surface area contributed by atoms with Gasteiger partial charge in [0.15, 0.2) is 23.7 Å². The number of nitrogen functional groups attached to an aromatic ring is 1. The lowest BCUT2D eigenvalue weighted by molar-refractivity contribution is 0.111. The van der Waals surface area contributed by atoms with Gasteiger partial charge in [0.1, 0.15) is 17.5 Å². The molecule has 2 atom stereocenters. The van der Waals surface area contributed by atoms with Crippen LogP contribution in [0.1, 0.15) is 36.2 Å². The van der Waals surface area contributed by atoms with Gasteiger partial charge in [0, 0.05) is 41.4 Å². The number of nitrogens with one attached hydrogen (secondary N) is 4. The van der Waals surface area contributed by atoms with Crippen LogP contribution in [0.4, 0.5) is 24.8 Å². The molecule has 6 N–H and O–H groups in total. The van der Waals surface area contributed by atoms with E-state index in [1.54, 1.807) is 0 Å². The molecule has 0 unspecified atom stereocenters. The molecule has 3 heterocycles. The minimum atomic E-state index is -0.697. The highest BCUT2D eigenvalue weighted by atomic mass is 19.1. The van der Waals surface area contributed by atoms with Crippen LogP contribution in [0.5, 0.6) is 0 Å². The fraction of sp³-hybridized carbons (Fsp3) is 0.304. The summed E-state index contributed by atoms with van der Waals surface area (Å²) in [4.78, 5) is 21.0. The summed E-state index contributed by atoms with van der Waals surface area (Å²) in [6.45, 7) is 0. The van der Waals surface area contributed by atoms with Crippen LogP contribution in [-0.2, 0) is 0 Å². The first kappa shape index (κ1) is 24.2. The van der Waals surface area contributed by atoms with Gasteiger partial charge in [-0.15, -0.1) is 0 Å². The van der Waals surface area contributed by atoms with Crippen LogP contribution in [0.25, 0.3) is 22.3 Å². The molecule has 0 saturated heterocycles. The van der Waals surface area contributed by atoms with Gasteiger partial charge in [0.2, 0.25) is 0 Å². The van der Waals surface area contributed by atoms with Gasteiger partial charge in [-0.3, -0.25) is 9.89 Å². The van der Waals surface area contributed by atoms with Crippen molar-refractivity contribution in [3.8, 4) is 11.4 Å². The zero-order chi connectivity index (χ0) is 24.9. The number of fused-ring (bicyclic) bond motifs is 1. The Morgan fingerprint density at radius 3 is 2.63 bits per heavy atom. The van der Waals surface area contributed by atoms with Crippen LogP contribution in [-0.4, -0.2) is 50.6 Å². The zero-order valence-corrected chi connectivity index (χ0v) is 18.9. The van der Waals surface area contributed by atoms with Gasteiger partial charge in [-0.2, -0.15) is 5.10 Å². The molecule has 1 aliphatic rings. The Kier molecular flexibility index (Phi) is 7.30. The van der Waals surface area contributed by atoms with Gasteiger partial charge >= 0.3 is 0 Å². The van der Waals surface area contributed by atoms with E-state index < -0.39 is 17.5 Å². The first-order chi connectivity index (χ1) is 16.9. The molecule has 12 heteroatoms. The number of hydrogen-bond acceptors (Lipinski definition) is 7. The molecule has 1 aliphatic carbocycles. The van der Waals surface area contributed by atoms with Crippen molar-refractivity contribution in [2.24, 2.45) is 0 Å². The molecule has 1 saturated carbocycles. The van der Waals surface area contributed by atoms with Crippen LogP contribution in [0.2, 0.25) is 0 Å². The number of aldehydes is 1. The second-order valence-corrected chi connectivity index (χ2v) is 8.26. The van der Waals surface area contributed by atoms with Crippen molar-refractivity contribution in [2.75, 3.05) is 18.1 Å². The Morgan fingerprint density at radius 2 is 1.94 bits per heavy atom. The van der Waals surface area contributed by atoms with Crippen LogP contribution in [0, 0.1) is 17.5 Å². The summed E-state index contributed by atoms with van der Waals surface area (Å²) < 4.78 is 41.8. The van der Waals surface area contributed by atoms with Crippen LogP contribution < -0.4 is 16.4 Å². The van der Waals surface area contributed by atoms with Gasteiger partial charge in [0.05, 0.1) is 17.4 Å². The van der Waals surface area contributed by atoms with Gasteiger partial charge in [0.25, 0.3) is 0 Å². The Labute approximate surface area is 198 Å². The van der Waals surface area contributed by atoms with Gasteiger partial charge in [-0.25, -0.2) is 23.1 Å². The van der Waals surface area contributed by atoms with E-state index in [1.165, 1.54) is 18.3 Å². The van der Waals surface area contributed by atoms with Crippen LogP contribution in [0.3, 0.4) is 0 Å². The van der Waals surface area contributed by atoms with Gasteiger partial charge in [-0.1, -0.05) is 0 Å². The normalized spacial score (nSPS) is 17.6. The lowest BCUT2D eigenvalue weighted by Gasteiger charge is -2.29. The molecule has 4 aromatic rings. The summed E-state index contributed by atoms with van der Waals surface area (Å²) in [6, 6.07) is 3.98. The number of halogens is 3. The third-order valence-corrected chi connectivity index (χ3v) is 5.86. The average Bonchev–Trinajstić information content (AvgIpc) is 3.47. The number of rotatable bonds is 5. The summed E-state index contributed by atoms with van der Waals surface area (Å²) >= 11 is 0. The van der Waals surface area contributed by atoms with Crippen LogP contribution in [0.15, 0.2) is 30.6 Å². The molecule has 0 radical (unpaired) electrons. The number of aromatic amines is 2. The Bertz CT molecular complexity index is 1320. The molecule has 9 nitrogen and oxygen atoms in total. The summed E-state index contributed by atoms with van der Waals surface area (Å²) in [5.74, 6) is -1.29. The molecular formula is C23H25F3N8O. The Balaban J connectivity index is 0.000000308. The fourth-order valence-electron chi connectivity index (χ4n) is 4.13. The van der Waals surface area contributed by atoms with E-state index >= 15 is 0 Å². The first-order valence-corrected chi connectivity index (χ1v) is 11.1. The number of benzene rings is 1. The van der Waals surface area contributed by atoms with Crippen molar-refractivity contribution in [2.45, 2.75) is 37.8 Å². The molecule has 1 fully saturated rings. The minimum Gasteiger partial charge on any atom is -0.382 e. The lowest BCUT2D eigenvalue weighted by atomic mass is 9.91. The zero-order valence-electron chi connectivity index (χ0n) is 18.9. The first-order valence-electron chi connectivity index (χ1n) is 11.1. The highest BCUT2D eigenvalue weighted by Crippen LogP contribution is 2.30. The summed E-state index contributed by atoms with van der Waals surface area (Å²) in [5.41, 5.74) is 6.14. The standard InChI is InChI=1S/C19H20F3N5.C4H5N3O/c1-23-11-3-2-4-12(7-11)26-19-16(22)9-25-18(27-19)14-8-24-17-13(14)5-10(20)6-15(17)21;5-4-1-3(2-8)6-7-4/h5-6,8-9,11-12,23-24H,2-4,7H2,1H3,(H,25,26,27);1-2H,(H3,5,6,7)/t11-,12+;/m1./s1. The molecular weight excluding hydrogens is 461 g/mol. The van der Waals surface area contributed by atoms with E-state index in [0.717, 1.165) is 37.9 Å². The largest absolute Gasteiger partial charge is 0.382 e. The number of hydrogen-bond donors (Lipinski definition) is 5. The third-order valence-electron chi connectivity index (χ3n) is 5.86. The second kappa shape index (κ2) is 10.6. The number of carbonyl (C=O) groups is 1. The maximum Gasteiger partial charge on any atom is 0.183 e. The van der Waals surface area contributed by atoms with E-state index in [2.05, 4.69) is 35.8 Å². The van der Waals surface area contributed by atoms with Gasteiger partial charge < -0.3 is 21.4 Å².